The summed E-state index contributed by atoms with van der Waals surface area (Å²) in [6, 6.07) is 10.7. The van der Waals surface area contributed by atoms with Gasteiger partial charge in [0, 0.05) is 56.7 Å². The lowest BCUT2D eigenvalue weighted by Crippen LogP contribution is -2.40. The van der Waals surface area contributed by atoms with Crippen molar-refractivity contribution < 1.29 is 27.9 Å². The van der Waals surface area contributed by atoms with Crippen LogP contribution in [-0.4, -0.2) is 35.3 Å². The molecule has 1 aromatic heterocycles. The van der Waals surface area contributed by atoms with Crippen LogP contribution in [0.15, 0.2) is 59.2 Å². The fourth-order valence-electron chi connectivity index (χ4n) is 5.38. The number of aromatic nitrogens is 1. The quantitative estimate of drug-likeness (QED) is 0.231. The normalized spacial score (nSPS) is 16.1. The fraction of sp³-hybridized carbons (Fsp3) is 0.179. The maximum atomic E-state index is 14.1. The first-order chi connectivity index (χ1) is 18.2. The van der Waals surface area contributed by atoms with Gasteiger partial charge in [0.15, 0.2) is 5.78 Å². The number of esters is 1. The van der Waals surface area contributed by atoms with E-state index in [0.717, 1.165) is 16.7 Å². The first-order valence-electron chi connectivity index (χ1n) is 11.8. The van der Waals surface area contributed by atoms with Crippen LogP contribution in [0.3, 0.4) is 0 Å². The van der Waals surface area contributed by atoms with E-state index in [1.54, 1.807) is 24.3 Å². The van der Waals surface area contributed by atoms with Crippen molar-refractivity contribution >= 4 is 56.1 Å². The van der Waals surface area contributed by atoms with Crippen LogP contribution in [0.2, 0.25) is 5.02 Å². The lowest BCUT2D eigenvalue weighted by atomic mass is 9.82. The first kappa shape index (κ1) is 24.9. The lowest BCUT2D eigenvalue weighted by molar-refractivity contribution is -0.0242. The van der Waals surface area contributed by atoms with Crippen LogP contribution in [0, 0.1) is 11.6 Å². The number of carbonyl (C=O) groups excluding carboxylic acids is 3. The molecule has 2 aliphatic rings. The number of hydrogen-bond donors (Lipinski definition) is 1. The van der Waals surface area contributed by atoms with E-state index in [4.69, 9.17) is 16.3 Å². The molecule has 6 nitrogen and oxygen atoms in total. The monoisotopic (exact) mass is 598 g/mol. The fourth-order valence-corrected chi connectivity index (χ4v) is 6.05. The summed E-state index contributed by atoms with van der Waals surface area (Å²) in [6.45, 7) is 1.34. The molecule has 0 amide bonds. The number of halogens is 4. The van der Waals surface area contributed by atoms with Crippen molar-refractivity contribution in [3.8, 4) is 0 Å². The zero-order chi connectivity index (χ0) is 26.8. The van der Waals surface area contributed by atoms with Gasteiger partial charge in [-0.1, -0.05) is 39.7 Å². The molecule has 2 aliphatic heterocycles. The molecular formula is C28H18BrClF2N2O4. The van der Waals surface area contributed by atoms with E-state index in [0.29, 0.717) is 52.4 Å². The number of ether oxygens (including phenoxy) is 1. The Morgan fingerprint density at radius 2 is 1.74 bits per heavy atom. The summed E-state index contributed by atoms with van der Waals surface area (Å²) in [5.74, 6) is -3.66. The summed E-state index contributed by atoms with van der Waals surface area (Å²) in [5.41, 5.74) is 0.338. The molecule has 0 radical (unpaired) electrons. The van der Waals surface area contributed by atoms with E-state index in [1.807, 2.05) is 0 Å². The van der Waals surface area contributed by atoms with Gasteiger partial charge in [0.25, 0.3) is 5.91 Å². The Morgan fingerprint density at radius 1 is 1.03 bits per heavy atom. The number of rotatable bonds is 3. The zero-order valence-electron chi connectivity index (χ0n) is 19.6. The molecule has 38 heavy (non-hydrogen) atoms. The lowest BCUT2D eigenvalue weighted by Gasteiger charge is -2.33. The molecule has 0 unspecified atom stereocenters. The minimum absolute atomic E-state index is 0.120. The average Bonchev–Trinajstić information content (AvgIpc) is 3.38. The molecule has 0 atom stereocenters. The number of piperidine rings is 1. The molecule has 1 N–H and O–H groups in total. The van der Waals surface area contributed by atoms with Gasteiger partial charge >= 0.3 is 5.97 Å². The van der Waals surface area contributed by atoms with E-state index in [-0.39, 0.29) is 27.8 Å². The molecule has 10 heteroatoms. The second-order valence-electron chi connectivity index (χ2n) is 9.35. The van der Waals surface area contributed by atoms with Crippen LogP contribution in [0.1, 0.15) is 55.0 Å². The summed E-state index contributed by atoms with van der Waals surface area (Å²) in [4.78, 5) is 40.6. The van der Waals surface area contributed by atoms with Gasteiger partial charge in [0.2, 0.25) is 0 Å². The highest BCUT2D eigenvalue weighted by Crippen LogP contribution is 2.46. The maximum absolute atomic E-state index is 14.1. The summed E-state index contributed by atoms with van der Waals surface area (Å²) in [6.07, 6.45) is 2.47. The average molecular weight is 600 g/mol. The number of nitrogens with zero attached hydrogens (tertiary/aromatic N) is 1. The predicted octanol–water partition coefficient (Wildman–Crippen LogP) is 6.00. The van der Waals surface area contributed by atoms with Crippen LogP contribution >= 0.6 is 27.5 Å². The van der Waals surface area contributed by atoms with Crippen molar-refractivity contribution in [2.45, 2.75) is 18.4 Å². The molecule has 3 aromatic carbocycles. The van der Waals surface area contributed by atoms with Gasteiger partial charge in [-0.05, 0) is 43.4 Å². The Labute approximate surface area is 228 Å². The largest absolute Gasteiger partial charge is 0.450 e. The molecule has 0 bridgehead atoms. The third-order valence-electron chi connectivity index (χ3n) is 7.12. The second kappa shape index (κ2) is 9.11. The highest BCUT2D eigenvalue weighted by Gasteiger charge is 2.48. The Morgan fingerprint density at radius 3 is 2.45 bits per heavy atom. The number of benzene rings is 3. The minimum Gasteiger partial charge on any atom is -0.450 e. The number of nitrogens with one attached hydrogen (secondary N) is 1. The standard InChI is InChI=1S/C28H18BrClF2N2O4/c29-21-4-3-20-23(27(37)38-28(20)5-7-33-8-6-28)24(21)25(35)19-13-34(22-11-15(30)1-2-18(19)22)26(36)14-9-16(31)12-17(32)10-14/h1-4,9-13,33H,5-8H2. The maximum Gasteiger partial charge on any atom is 0.340 e. The third kappa shape index (κ3) is 3.88. The highest BCUT2D eigenvalue weighted by molar-refractivity contribution is 9.10. The van der Waals surface area contributed by atoms with Crippen molar-refractivity contribution in [1.82, 2.24) is 9.88 Å². The number of hydrogen-bond acceptors (Lipinski definition) is 5. The second-order valence-corrected chi connectivity index (χ2v) is 10.6. The van der Waals surface area contributed by atoms with Crippen LogP contribution < -0.4 is 5.32 Å². The zero-order valence-corrected chi connectivity index (χ0v) is 22.0. The van der Waals surface area contributed by atoms with Gasteiger partial charge in [0.1, 0.15) is 17.2 Å². The smallest absolute Gasteiger partial charge is 0.340 e. The molecular weight excluding hydrogens is 582 g/mol. The van der Waals surface area contributed by atoms with E-state index < -0.39 is 34.9 Å². The van der Waals surface area contributed by atoms with Crippen molar-refractivity contribution in [3.05, 3.63) is 104 Å². The molecule has 1 fully saturated rings. The van der Waals surface area contributed by atoms with Crippen LogP contribution in [-0.2, 0) is 10.3 Å². The topological polar surface area (TPSA) is 77.4 Å². The first-order valence-corrected chi connectivity index (χ1v) is 13.0. The number of ketones is 1. The summed E-state index contributed by atoms with van der Waals surface area (Å²) in [5, 5.41) is 3.94. The van der Waals surface area contributed by atoms with E-state index in [1.165, 1.54) is 12.3 Å². The highest BCUT2D eigenvalue weighted by atomic mass is 79.9. The Balaban J connectivity index is 1.53. The van der Waals surface area contributed by atoms with Crippen LogP contribution in [0.4, 0.5) is 8.78 Å². The summed E-state index contributed by atoms with van der Waals surface area (Å²) >= 11 is 9.63. The van der Waals surface area contributed by atoms with Gasteiger partial charge in [-0.15, -0.1) is 0 Å². The molecule has 6 rings (SSSR count). The van der Waals surface area contributed by atoms with Gasteiger partial charge in [-0.3, -0.25) is 14.2 Å². The van der Waals surface area contributed by atoms with Gasteiger partial charge in [0.05, 0.1) is 16.6 Å². The Bertz CT molecular complexity index is 1670. The van der Waals surface area contributed by atoms with Crippen molar-refractivity contribution in [3.63, 3.8) is 0 Å². The molecule has 1 saturated heterocycles. The third-order valence-corrected chi connectivity index (χ3v) is 8.01. The summed E-state index contributed by atoms with van der Waals surface area (Å²) < 4.78 is 35.1. The van der Waals surface area contributed by atoms with Gasteiger partial charge in [-0.2, -0.15) is 0 Å². The number of carbonyl (C=O) groups is 3. The SMILES string of the molecule is O=C1OC2(CCNCC2)c2ccc(Br)c(C(=O)c3cn(C(=O)c4cc(F)cc(F)c4)c4cc(Cl)ccc34)c21. The number of fused-ring (bicyclic) bond motifs is 3. The van der Waals surface area contributed by atoms with E-state index >= 15 is 0 Å². The van der Waals surface area contributed by atoms with Gasteiger partial charge in [-0.25, -0.2) is 13.6 Å². The predicted molar refractivity (Wildman–Crippen MR) is 140 cm³/mol. The molecule has 1 spiro atoms. The van der Waals surface area contributed by atoms with Crippen molar-refractivity contribution in [2.75, 3.05) is 13.1 Å². The summed E-state index contributed by atoms with van der Waals surface area (Å²) in [7, 11) is 0. The van der Waals surface area contributed by atoms with Crippen LogP contribution in [0.5, 0.6) is 0 Å². The van der Waals surface area contributed by atoms with Crippen molar-refractivity contribution in [1.29, 1.82) is 0 Å². The molecule has 4 aromatic rings. The van der Waals surface area contributed by atoms with Crippen molar-refractivity contribution in [2.24, 2.45) is 0 Å². The molecule has 192 valence electrons. The van der Waals surface area contributed by atoms with E-state index in [9.17, 15) is 23.2 Å². The van der Waals surface area contributed by atoms with Gasteiger partial charge < -0.3 is 10.1 Å². The molecule has 0 aliphatic carbocycles. The minimum atomic E-state index is -0.909. The Hall–Kier alpha value is -3.40. The van der Waals surface area contributed by atoms with E-state index in [2.05, 4.69) is 21.2 Å². The molecule has 0 saturated carbocycles. The van der Waals surface area contributed by atoms with Crippen LogP contribution in [0.25, 0.3) is 10.9 Å². The molecule has 3 heterocycles. The Kier molecular flexibility index (Phi) is 5.97.